The van der Waals surface area contributed by atoms with E-state index in [4.69, 9.17) is 4.42 Å². The van der Waals surface area contributed by atoms with Gasteiger partial charge in [-0.1, -0.05) is 11.8 Å². The van der Waals surface area contributed by atoms with Gasteiger partial charge in [-0.15, -0.1) is 0 Å². The number of halogens is 1. The first-order chi connectivity index (χ1) is 9.60. The maximum atomic E-state index is 12.8. The van der Waals surface area contributed by atoms with Gasteiger partial charge in [0, 0.05) is 12.1 Å². The number of aromatic nitrogens is 1. The first-order valence-electron chi connectivity index (χ1n) is 6.26. The summed E-state index contributed by atoms with van der Waals surface area (Å²) < 4.78 is 18.4. The minimum atomic E-state index is -0.298. The number of nitrogens with one attached hydrogen (secondary N) is 1. The van der Waals surface area contributed by atoms with E-state index in [9.17, 15) is 9.18 Å². The van der Waals surface area contributed by atoms with Gasteiger partial charge >= 0.3 is 0 Å². The fourth-order valence-electron chi connectivity index (χ4n) is 1.58. The molecule has 4 nitrogen and oxygen atoms in total. The van der Waals surface area contributed by atoms with Crippen LogP contribution in [0.3, 0.4) is 0 Å². The van der Waals surface area contributed by atoms with Gasteiger partial charge in [0.15, 0.2) is 5.76 Å². The normalized spacial score (nSPS) is 12.2. The lowest BCUT2D eigenvalue weighted by atomic mass is 10.2. The third-order valence-corrected chi connectivity index (χ3v) is 3.57. The Morgan fingerprint density at radius 3 is 2.80 bits per heavy atom. The molecular formula is C14H15FN2O2S. The van der Waals surface area contributed by atoms with Crippen molar-refractivity contribution in [3.8, 4) is 11.3 Å². The largest absolute Gasteiger partial charge is 0.431 e. The van der Waals surface area contributed by atoms with Crippen LogP contribution < -0.4 is 5.32 Å². The summed E-state index contributed by atoms with van der Waals surface area (Å²) in [7, 11) is 0. The van der Waals surface area contributed by atoms with Crippen LogP contribution in [-0.4, -0.2) is 22.7 Å². The van der Waals surface area contributed by atoms with E-state index in [2.05, 4.69) is 10.3 Å². The average Bonchev–Trinajstić information content (AvgIpc) is 2.88. The molecule has 0 spiro atoms. The van der Waals surface area contributed by atoms with Crippen molar-refractivity contribution in [2.75, 3.05) is 6.54 Å². The molecule has 2 rings (SSSR count). The minimum absolute atomic E-state index is 0.0565. The topological polar surface area (TPSA) is 55.1 Å². The summed E-state index contributed by atoms with van der Waals surface area (Å²) in [6.07, 6.45) is 1.57. The van der Waals surface area contributed by atoms with Crippen LogP contribution in [0.1, 0.15) is 13.8 Å². The summed E-state index contributed by atoms with van der Waals surface area (Å²) in [6, 6.07) is 5.97. The van der Waals surface area contributed by atoms with Gasteiger partial charge in [0.25, 0.3) is 5.22 Å². The number of hydrogen-bond acceptors (Lipinski definition) is 4. The summed E-state index contributed by atoms with van der Waals surface area (Å²) in [4.78, 5) is 15.7. The van der Waals surface area contributed by atoms with Crippen molar-refractivity contribution in [3.05, 3.63) is 36.3 Å². The molecule has 20 heavy (non-hydrogen) atoms. The zero-order valence-electron chi connectivity index (χ0n) is 11.2. The fraction of sp³-hybridized carbons (Fsp3) is 0.286. The van der Waals surface area contributed by atoms with Crippen molar-refractivity contribution < 1.29 is 13.6 Å². The molecule has 0 saturated carbocycles. The maximum Gasteiger partial charge on any atom is 0.256 e. The van der Waals surface area contributed by atoms with Crippen LogP contribution in [0.4, 0.5) is 4.39 Å². The molecule has 1 atom stereocenters. The van der Waals surface area contributed by atoms with Gasteiger partial charge in [-0.05, 0) is 38.1 Å². The first-order valence-corrected chi connectivity index (χ1v) is 7.14. The number of oxazole rings is 1. The van der Waals surface area contributed by atoms with E-state index in [1.165, 1.54) is 23.9 Å². The minimum Gasteiger partial charge on any atom is -0.431 e. The smallest absolute Gasteiger partial charge is 0.256 e. The van der Waals surface area contributed by atoms with Gasteiger partial charge in [-0.2, -0.15) is 0 Å². The molecule has 2 aromatic rings. The molecule has 0 saturated heterocycles. The van der Waals surface area contributed by atoms with Crippen molar-refractivity contribution in [2.45, 2.75) is 24.3 Å². The molecule has 0 aliphatic rings. The lowest BCUT2D eigenvalue weighted by molar-refractivity contribution is -0.120. The summed E-state index contributed by atoms with van der Waals surface area (Å²) in [5.41, 5.74) is 0.747. The Morgan fingerprint density at radius 2 is 2.15 bits per heavy atom. The number of carbonyl (C=O) groups is 1. The Bertz CT molecular complexity index is 583. The molecule has 1 aromatic heterocycles. The highest BCUT2D eigenvalue weighted by Gasteiger charge is 2.17. The molecule has 0 fully saturated rings. The van der Waals surface area contributed by atoms with Crippen LogP contribution in [0.25, 0.3) is 11.3 Å². The van der Waals surface area contributed by atoms with Crippen LogP contribution in [0.2, 0.25) is 0 Å². The third kappa shape index (κ3) is 3.60. The first kappa shape index (κ1) is 14.6. The van der Waals surface area contributed by atoms with Crippen LogP contribution in [0, 0.1) is 5.82 Å². The average molecular weight is 294 g/mol. The zero-order chi connectivity index (χ0) is 14.5. The molecule has 106 valence electrons. The number of hydrogen-bond donors (Lipinski definition) is 1. The van der Waals surface area contributed by atoms with Crippen LogP contribution in [0.15, 0.2) is 40.1 Å². The monoisotopic (exact) mass is 294 g/mol. The van der Waals surface area contributed by atoms with Gasteiger partial charge in [0.05, 0.1) is 11.4 Å². The van der Waals surface area contributed by atoms with E-state index in [1.54, 1.807) is 25.3 Å². The number of nitrogens with zero attached hydrogens (tertiary/aromatic N) is 1. The molecule has 1 heterocycles. The van der Waals surface area contributed by atoms with Crippen LogP contribution in [-0.2, 0) is 4.79 Å². The number of thioether (sulfide) groups is 1. The van der Waals surface area contributed by atoms with Gasteiger partial charge in [0.2, 0.25) is 5.91 Å². The number of rotatable bonds is 5. The Labute approximate surface area is 120 Å². The number of carbonyl (C=O) groups excluding carboxylic acids is 1. The molecular weight excluding hydrogens is 279 g/mol. The van der Waals surface area contributed by atoms with Crippen LogP contribution >= 0.6 is 11.8 Å². The van der Waals surface area contributed by atoms with E-state index in [-0.39, 0.29) is 17.0 Å². The van der Waals surface area contributed by atoms with Gasteiger partial charge in [-0.25, -0.2) is 9.37 Å². The van der Waals surface area contributed by atoms with Gasteiger partial charge in [-0.3, -0.25) is 4.79 Å². The molecule has 0 bridgehead atoms. The second-order valence-electron chi connectivity index (χ2n) is 4.15. The van der Waals surface area contributed by atoms with Crippen molar-refractivity contribution in [1.29, 1.82) is 0 Å². The molecule has 0 unspecified atom stereocenters. The SMILES string of the molecule is CCNC(=O)[C@H](C)Sc1ncc(-c2ccc(F)cc2)o1. The molecule has 1 N–H and O–H groups in total. The number of amides is 1. The number of benzene rings is 1. The van der Waals surface area contributed by atoms with Crippen molar-refractivity contribution >= 4 is 17.7 Å². The standard InChI is InChI=1S/C14H15FN2O2S/c1-3-16-13(18)9(2)20-14-17-8-12(19-14)10-4-6-11(15)7-5-10/h4-9H,3H2,1-2H3,(H,16,18)/t9-/m0/s1. The van der Waals surface area contributed by atoms with Crippen molar-refractivity contribution in [1.82, 2.24) is 10.3 Å². The molecule has 0 radical (unpaired) electrons. The highest BCUT2D eigenvalue weighted by atomic mass is 32.2. The molecule has 1 aromatic carbocycles. The molecule has 0 aliphatic heterocycles. The maximum absolute atomic E-state index is 12.8. The molecule has 1 amide bonds. The predicted molar refractivity (Wildman–Crippen MR) is 75.9 cm³/mol. The van der Waals surface area contributed by atoms with E-state index in [0.29, 0.717) is 17.5 Å². The highest BCUT2D eigenvalue weighted by Crippen LogP contribution is 2.28. The second kappa shape index (κ2) is 6.56. The van der Waals surface area contributed by atoms with Crippen molar-refractivity contribution in [2.24, 2.45) is 0 Å². The van der Waals surface area contributed by atoms with Crippen LogP contribution in [0.5, 0.6) is 0 Å². The Balaban J connectivity index is 2.05. The summed E-state index contributed by atoms with van der Waals surface area (Å²) in [5, 5.41) is 2.88. The lowest BCUT2D eigenvalue weighted by Gasteiger charge is -2.07. The Morgan fingerprint density at radius 1 is 1.45 bits per heavy atom. The van der Waals surface area contributed by atoms with E-state index < -0.39 is 0 Å². The highest BCUT2D eigenvalue weighted by molar-refractivity contribution is 8.00. The predicted octanol–water partition coefficient (Wildman–Crippen LogP) is 3.10. The van der Waals surface area contributed by atoms with E-state index >= 15 is 0 Å². The van der Waals surface area contributed by atoms with E-state index in [1.807, 2.05) is 6.92 Å². The van der Waals surface area contributed by atoms with Gasteiger partial charge < -0.3 is 9.73 Å². The lowest BCUT2D eigenvalue weighted by Crippen LogP contribution is -2.30. The second-order valence-corrected chi connectivity index (χ2v) is 5.44. The third-order valence-electron chi connectivity index (χ3n) is 2.61. The Kier molecular flexibility index (Phi) is 4.79. The zero-order valence-corrected chi connectivity index (χ0v) is 12.0. The van der Waals surface area contributed by atoms with E-state index in [0.717, 1.165) is 5.56 Å². The van der Waals surface area contributed by atoms with Crippen molar-refractivity contribution in [3.63, 3.8) is 0 Å². The quantitative estimate of drug-likeness (QED) is 0.861. The molecule has 6 heteroatoms. The summed E-state index contributed by atoms with van der Waals surface area (Å²) >= 11 is 1.25. The van der Waals surface area contributed by atoms with Gasteiger partial charge in [0.1, 0.15) is 5.82 Å². The molecule has 0 aliphatic carbocycles. The summed E-state index contributed by atoms with van der Waals surface area (Å²) in [6.45, 7) is 4.25. The Hall–Kier alpha value is -1.82. The summed E-state index contributed by atoms with van der Waals surface area (Å²) in [5.74, 6) is 0.197. The fourth-order valence-corrected chi connectivity index (χ4v) is 2.33.